The number of likely N-dealkylation sites (tertiary alicyclic amines) is 1. The van der Waals surface area contributed by atoms with Crippen LogP contribution in [0.25, 0.3) is 16.9 Å². The minimum absolute atomic E-state index is 0.0579. The smallest absolute Gasteiger partial charge is 0.272 e. The monoisotopic (exact) mass is 423 g/mol. The van der Waals surface area contributed by atoms with Gasteiger partial charge in [0.25, 0.3) is 5.91 Å². The summed E-state index contributed by atoms with van der Waals surface area (Å²) >= 11 is 6.20. The highest BCUT2D eigenvalue weighted by atomic mass is 35.5. The summed E-state index contributed by atoms with van der Waals surface area (Å²) in [4.78, 5) is 15.3. The number of carbonyl (C=O) groups is 1. The van der Waals surface area contributed by atoms with Crippen LogP contribution in [0, 0.1) is 0 Å². The van der Waals surface area contributed by atoms with Crippen molar-refractivity contribution >= 4 is 17.5 Å². The van der Waals surface area contributed by atoms with Gasteiger partial charge < -0.3 is 14.4 Å². The van der Waals surface area contributed by atoms with E-state index in [9.17, 15) is 4.79 Å². The summed E-state index contributed by atoms with van der Waals surface area (Å²) in [5, 5.41) is 5.34. The minimum Gasteiger partial charge on any atom is -0.347 e. The minimum atomic E-state index is -0.515. The van der Waals surface area contributed by atoms with E-state index in [4.69, 9.17) is 26.2 Å². The first kappa shape index (κ1) is 19.3. The number of piperidine rings is 1. The first-order chi connectivity index (χ1) is 14.6. The van der Waals surface area contributed by atoms with Crippen molar-refractivity contribution in [2.24, 2.45) is 0 Å². The lowest BCUT2D eigenvalue weighted by molar-refractivity contribution is -0.181. The van der Waals surface area contributed by atoms with E-state index in [0.717, 1.165) is 16.9 Å². The Balaban J connectivity index is 1.48. The van der Waals surface area contributed by atoms with Gasteiger partial charge in [-0.15, -0.1) is 0 Å². The second-order valence-electron chi connectivity index (χ2n) is 7.57. The topological polar surface area (TPSA) is 56.6 Å². The van der Waals surface area contributed by atoms with Crippen LogP contribution < -0.4 is 0 Å². The van der Waals surface area contributed by atoms with Crippen molar-refractivity contribution in [1.29, 1.82) is 0 Å². The summed E-state index contributed by atoms with van der Waals surface area (Å²) in [7, 11) is 0. The van der Waals surface area contributed by atoms with E-state index < -0.39 is 5.79 Å². The molecule has 0 bridgehead atoms. The molecule has 3 aromatic rings. The van der Waals surface area contributed by atoms with Crippen LogP contribution in [0.2, 0.25) is 5.02 Å². The molecule has 2 aliphatic heterocycles. The summed E-state index contributed by atoms with van der Waals surface area (Å²) < 4.78 is 13.3. The summed E-state index contributed by atoms with van der Waals surface area (Å²) in [5.41, 5.74) is 2.97. The summed E-state index contributed by atoms with van der Waals surface area (Å²) in [5.74, 6) is -0.573. The lowest BCUT2D eigenvalue weighted by Gasteiger charge is -2.37. The van der Waals surface area contributed by atoms with Crippen molar-refractivity contribution in [3.05, 3.63) is 71.4 Å². The average molecular weight is 424 g/mol. The Hall–Kier alpha value is -2.67. The van der Waals surface area contributed by atoms with Gasteiger partial charge in [-0.3, -0.25) is 4.79 Å². The molecule has 0 N–H and O–H groups in total. The zero-order chi connectivity index (χ0) is 20.6. The number of ether oxygens (including phenoxy) is 2. The Kier molecular flexibility index (Phi) is 5.06. The van der Waals surface area contributed by atoms with E-state index in [1.165, 1.54) is 0 Å². The number of amides is 1. The predicted octanol–water partition coefficient (Wildman–Crippen LogP) is 4.17. The molecule has 7 heteroatoms. The highest BCUT2D eigenvalue weighted by Crippen LogP contribution is 2.32. The molecular formula is C23H22ClN3O3. The van der Waals surface area contributed by atoms with E-state index in [-0.39, 0.29) is 5.91 Å². The second kappa shape index (κ2) is 7.87. The number of carbonyl (C=O) groups excluding carboxylic acids is 1. The summed E-state index contributed by atoms with van der Waals surface area (Å²) in [6, 6.07) is 19.1. The molecule has 1 aromatic heterocycles. The zero-order valence-electron chi connectivity index (χ0n) is 16.5. The number of hydrogen-bond donors (Lipinski definition) is 0. The first-order valence-electron chi connectivity index (χ1n) is 10.1. The van der Waals surface area contributed by atoms with Crippen molar-refractivity contribution in [3.8, 4) is 16.9 Å². The molecule has 154 valence electrons. The predicted molar refractivity (Wildman–Crippen MR) is 114 cm³/mol. The van der Waals surface area contributed by atoms with Gasteiger partial charge >= 0.3 is 0 Å². The van der Waals surface area contributed by atoms with Crippen LogP contribution in [0.1, 0.15) is 23.3 Å². The third-order valence-electron chi connectivity index (χ3n) is 5.68. The fourth-order valence-corrected chi connectivity index (χ4v) is 4.27. The molecule has 0 radical (unpaired) electrons. The summed E-state index contributed by atoms with van der Waals surface area (Å²) in [6.07, 6.45) is 1.35. The Morgan fingerprint density at radius 3 is 2.40 bits per heavy atom. The molecule has 5 rings (SSSR count). The summed E-state index contributed by atoms with van der Waals surface area (Å²) in [6.45, 7) is 2.41. The molecule has 0 atom stereocenters. The maximum Gasteiger partial charge on any atom is 0.272 e. The number of halogens is 1. The van der Waals surface area contributed by atoms with Crippen LogP contribution in [-0.2, 0) is 9.47 Å². The van der Waals surface area contributed by atoms with Gasteiger partial charge in [0.15, 0.2) is 5.79 Å². The van der Waals surface area contributed by atoms with Crippen LogP contribution in [0.3, 0.4) is 0 Å². The van der Waals surface area contributed by atoms with Gasteiger partial charge in [0.05, 0.1) is 24.6 Å². The van der Waals surface area contributed by atoms with Crippen molar-refractivity contribution < 1.29 is 14.3 Å². The van der Waals surface area contributed by atoms with Crippen molar-refractivity contribution in [3.63, 3.8) is 0 Å². The Labute approximate surface area is 180 Å². The van der Waals surface area contributed by atoms with Crippen LogP contribution in [0.4, 0.5) is 0 Å². The maximum atomic E-state index is 13.5. The molecule has 2 aliphatic rings. The Morgan fingerprint density at radius 1 is 0.967 bits per heavy atom. The number of aromatic nitrogens is 2. The van der Waals surface area contributed by atoms with E-state index in [2.05, 4.69) is 0 Å². The van der Waals surface area contributed by atoms with Gasteiger partial charge in [0.2, 0.25) is 0 Å². The standard InChI is InChI=1S/C23H22ClN3O3/c24-18-7-4-8-19(15-18)27-21(16-20(25-27)17-5-2-1-3-6-17)22(28)26-11-9-23(10-12-26)29-13-14-30-23/h1-8,15-16H,9-14H2. The fraction of sp³-hybridized carbons (Fsp3) is 0.304. The lowest BCUT2D eigenvalue weighted by atomic mass is 10.0. The molecule has 0 aliphatic carbocycles. The second-order valence-corrected chi connectivity index (χ2v) is 8.01. The number of rotatable bonds is 3. The molecule has 0 saturated carbocycles. The van der Waals surface area contributed by atoms with Gasteiger partial charge in [-0.05, 0) is 24.3 Å². The van der Waals surface area contributed by atoms with E-state index >= 15 is 0 Å². The maximum absolute atomic E-state index is 13.5. The molecule has 6 nitrogen and oxygen atoms in total. The molecule has 2 fully saturated rings. The molecule has 1 spiro atoms. The molecular weight excluding hydrogens is 402 g/mol. The molecule has 2 saturated heterocycles. The fourth-order valence-electron chi connectivity index (χ4n) is 4.09. The third-order valence-corrected chi connectivity index (χ3v) is 5.91. The van der Waals surface area contributed by atoms with Crippen molar-refractivity contribution in [1.82, 2.24) is 14.7 Å². The van der Waals surface area contributed by atoms with Crippen LogP contribution in [0.5, 0.6) is 0 Å². The van der Waals surface area contributed by atoms with Crippen molar-refractivity contribution in [2.75, 3.05) is 26.3 Å². The van der Waals surface area contributed by atoms with Gasteiger partial charge in [-0.25, -0.2) is 4.68 Å². The normalized spacial score (nSPS) is 18.1. The SMILES string of the molecule is O=C(c1cc(-c2ccccc2)nn1-c1cccc(Cl)c1)N1CCC2(CC1)OCCO2. The third kappa shape index (κ3) is 3.62. The highest BCUT2D eigenvalue weighted by molar-refractivity contribution is 6.30. The van der Waals surface area contributed by atoms with E-state index in [0.29, 0.717) is 49.9 Å². The van der Waals surface area contributed by atoms with Crippen LogP contribution >= 0.6 is 11.6 Å². The largest absolute Gasteiger partial charge is 0.347 e. The number of nitrogens with zero attached hydrogens (tertiary/aromatic N) is 3. The van der Waals surface area contributed by atoms with Gasteiger partial charge in [-0.2, -0.15) is 5.10 Å². The van der Waals surface area contributed by atoms with E-state index in [1.807, 2.05) is 59.5 Å². The zero-order valence-corrected chi connectivity index (χ0v) is 17.2. The lowest BCUT2D eigenvalue weighted by Crippen LogP contribution is -2.47. The van der Waals surface area contributed by atoms with Gasteiger partial charge in [0, 0.05) is 36.5 Å². The Morgan fingerprint density at radius 2 is 1.70 bits per heavy atom. The molecule has 1 amide bonds. The van der Waals surface area contributed by atoms with Crippen LogP contribution in [-0.4, -0.2) is 52.7 Å². The average Bonchev–Trinajstić information content (AvgIpc) is 3.42. The molecule has 0 unspecified atom stereocenters. The number of hydrogen-bond acceptors (Lipinski definition) is 4. The van der Waals surface area contributed by atoms with Gasteiger partial charge in [0.1, 0.15) is 5.69 Å². The van der Waals surface area contributed by atoms with Crippen LogP contribution in [0.15, 0.2) is 60.7 Å². The first-order valence-corrected chi connectivity index (χ1v) is 10.5. The van der Waals surface area contributed by atoms with Crippen molar-refractivity contribution in [2.45, 2.75) is 18.6 Å². The molecule has 30 heavy (non-hydrogen) atoms. The van der Waals surface area contributed by atoms with E-state index in [1.54, 1.807) is 10.7 Å². The highest BCUT2D eigenvalue weighted by Gasteiger charge is 2.41. The molecule has 3 heterocycles. The molecule has 2 aromatic carbocycles. The van der Waals surface area contributed by atoms with Gasteiger partial charge in [-0.1, -0.05) is 48.0 Å². The quantitative estimate of drug-likeness (QED) is 0.634. The Bertz CT molecular complexity index is 1050. The number of benzene rings is 2.